The van der Waals surface area contributed by atoms with Crippen molar-refractivity contribution >= 4 is 18.1 Å². The van der Waals surface area contributed by atoms with Gasteiger partial charge in [-0.25, -0.2) is 0 Å². The molecule has 12 heavy (non-hydrogen) atoms. The zero-order valence-corrected chi connectivity index (χ0v) is 7.62. The Morgan fingerprint density at radius 1 is 1.42 bits per heavy atom. The largest absolute Gasteiger partial charge is 0.373 e. The third-order valence-corrected chi connectivity index (χ3v) is 1.94. The Labute approximate surface area is 73.5 Å². The first-order valence-electron chi connectivity index (χ1n) is 4.06. The molecule has 0 unspecified atom stereocenters. The third kappa shape index (κ3) is 1.64. The van der Waals surface area contributed by atoms with E-state index in [0.717, 1.165) is 17.9 Å². The van der Waals surface area contributed by atoms with Gasteiger partial charge >= 0.3 is 0 Å². The summed E-state index contributed by atoms with van der Waals surface area (Å²) in [4.78, 5) is 6.09. The number of nitrogens with zero attached hydrogens (tertiary/aromatic N) is 2. The number of aliphatic imine (C=N–C) groups is 1. The van der Waals surface area contributed by atoms with Crippen LogP contribution >= 0.6 is 0 Å². The summed E-state index contributed by atoms with van der Waals surface area (Å²) in [5, 5.41) is 0. The summed E-state index contributed by atoms with van der Waals surface area (Å²) in [7, 11) is 2.05. The van der Waals surface area contributed by atoms with E-state index in [0.29, 0.717) is 0 Å². The van der Waals surface area contributed by atoms with E-state index in [1.165, 1.54) is 0 Å². The Morgan fingerprint density at radius 2 is 2.08 bits per heavy atom. The van der Waals surface area contributed by atoms with E-state index in [1.807, 2.05) is 31.3 Å². The van der Waals surface area contributed by atoms with Crippen LogP contribution in [0.2, 0.25) is 0 Å². The summed E-state index contributed by atoms with van der Waals surface area (Å²) in [5.74, 6) is 0. The summed E-state index contributed by atoms with van der Waals surface area (Å²) in [6.07, 6.45) is 0. The van der Waals surface area contributed by atoms with Crippen LogP contribution in [0.1, 0.15) is 6.92 Å². The monoisotopic (exact) mass is 162 g/mol. The second-order valence-electron chi connectivity index (χ2n) is 2.66. The van der Waals surface area contributed by atoms with Crippen LogP contribution in [0.5, 0.6) is 0 Å². The molecule has 0 bridgehead atoms. The Kier molecular flexibility index (Phi) is 2.86. The van der Waals surface area contributed by atoms with Gasteiger partial charge in [0, 0.05) is 13.6 Å². The van der Waals surface area contributed by atoms with Gasteiger partial charge in [-0.05, 0) is 25.8 Å². The third-order valence-electron chi connectivity index (χ3n) is 1.94. The average Bonchev–Trinajstić information content (AvgIpc) is 2.16. The molecular weight excluding hydrogens is 148 g/mol. The Hall–Kier alpha value is -1.31. The first kappa shape index (κ1) is 8.78. The van der Waals surface area contributed by atoms with Gasteiger partial charge in [0.2, 0.25) is 0 Å². The van der Waals surface area contributed by atoms with Gasteiger partial charge in [0.05, 0.1) is 11.4 Å². The second kappa shape index (κ2) is 3.90. The zero-order valence-electron chi connectivity index (χ0n) is 7.62. The minimum absolute atomic E-state index is 0.946. The van der Waals surface area contributed by atoms with Crippen LogP contribution in [-0.4, -0.2) is 20.3 Å². The van der Waals surface area contributed by atoms with Crippen molar-refractivity contribution in [2.24, 2.45) is 4.99 Å². The van der Waals surface area contributed by atoms with Gasteiger partial charge in [-0.3, -0.25) is 4.99 Å². The molecule has 0 fully saturated rings. The highest BCUT2D eigenvalue weighted by Gasteiger charge is 2.01. The number of benzene rings is 1. The Bertz CT molecular complexity index is 268. The van der Waals surface area contributed by atoms with Gasteiger partial charge in [0.1, 0.15) is 0 Å². The lowest BCUT2D eigenvalue weighted by molar-refractivity contribution is 0.968. The van der Waals surface area contributed by atoms with Crippen LogP contribution in [0.3, 0.4) is 0 Å². The van der Waals surface area contributed by atoms with Gasteiger partial charge < -0.3 is 4.90 Å². The normalized spacial score (nSPS) is 9.50. The number of anilines is 1. The van der Waals surface area contributed by atoms with E-state index >= 15 is 0 Å². The molecular formula is C10H14N2. The zero-order chi connectivity index (χ0) is 8.97. The highest BCUT2D eigenvalue weighted by molar-refractivity contribution is 5.68. The molecule has 0 aliphatic carbocycles. The van der Waals surface area contributed by atoms with Crippen molar-refractivity contribution in [3.8, 4) is 0 Å². The molecule has 1 aromatic rings. The summed E-state index contributed by atoms with van der Waals surface area (Å²) >= 11 is 0. The lowest BCUT2D eigenvalue weighted by Gasteiger charge is -2.18. The number of hydrogen-bond acceptors (Lipinski definition) is 2. The first-order valence-corrected chi connectivity index (χ1v) is 4.06. The van der Waals surface area contributed by atoms with Crippen LogP contribution in [0.15, 0.2) is 29.3 Å². The quantitative estimate of drug-likeness (QED) is 0.623. The lowest BCUT2D eigenvalue weighted by Crippen LogP contribution is -2.15. The van der Waals surface area contributed by atoms with Crippen LogP contribution in [0, 0.1) is 0 Å². The predicted octanol–water partition coefficient (Wildman–Crippen LogP) is 2.47. The summed E-state index contributed by atoms with van der Waals surface area (Å²) in [5.41, 5.74) is 2.08. The van der Waals surface area contributed by atoms with E-state index in [2.05, 4.69) is 23.5 Å². The minimum Gasteiger partial charge on any atom is -0.373 e. The molecule has 2 nitrogen and oxygen atoms in total. The maximum atomic E-state index is 3.95. The molecule has 0 amide bonds. The molecule has 1 rings (SSSR count). The minimum atomic E-state index is 0.946. The van der Waals surface area contributed by atoms with E-state index in [1.54, 1.807) is 0 Å². The fourth-order valence-electron chi connectivity index (χ4n) is 1.09. The molecule has 0 atom stereocenters. The van der Waals surface area contributed by atoms with Gasteiger partial charge in [-0.1, -0.05) is 12.1 Å². The molecule has 0 saturated carbocycles. The molecule has 64 valence electrons. The van der Waals surface area contributed by atoms with Crippen molar-refractivity contribution in [2.45, 2.75) is 6.92 Å². The van der Waals surface area contributed by atoms with Crippen molar-refractivity contribution < 1.29 is 0 Å². The van der Waals surface area contributed by atoms with Crippen LogP contribution in [0.4, 0.5) is 11.4 Å². The molecule has 0 spiro atoms. The average molecular weight is 162 g/mol. The molecule has 0 aliphatic rings. The SMILES string of the molecule is C=Nc1ccccc1N(C)CC. The van der Waals surface area contributed by atoms with E-state index in [-0.39, 0.29) is 0 Å². The smallest absolute Gasteiger partial charge is 0.0855 e. The second-order valence-corrected chi connectivity index (χ2v) is 2.66. The van der Waals surface area contributed by atoms with E-state index < -0.39 is 0 Å². The molecule has 0 radical (unpaired) electrons. The highest BCUT2D eigenvalue weighted by atomic mass is 15.1. The number of hydrogen-bond donors (Lipinski definition) is 0. The lowest BCUT2D eigenvalue weighted by atomic mass is 10.2. The molecule has 1 aromatic carbocycles. The van der Waals surface area contributed by atoms with Crippen molar-refractivity contribution in [1.29, 1.82) is 0 Å². The maximum absolute atomic E-state index is 3.95. The van der Waals surface area contributed by atoms with Gasteiger partial charge in [0.15, 0.2) is 0 Å². The molecule has 0 heterocycles. The van der Waals surface area contributed by atoms with Crippen molar-refractivity contribution in [1.82, 2.24) is 0 Å². The molecule has 2 heteroatoms. The van der Waals surface area contributed by atoms with Gasteiger partial charge in [-0.15, -0.1) is 0 Å². The first-order chi connectivity index (χ1) is 5.79. The number of para-hydroxylation sites is 2. The van der Waals surface area contributed by atoms with Gasteiger partial charge in [0.25, 0.3) is 0 Å². The topological polar surface area (TPSA) is 15.6 Å². The highest BCUT2D eigenvalue weighted by Crippen LogP contribution is 2.26. The van der Waals surface area contributed by atoms with Crippen molar-refractivity contribution in [2.75, 3.05) is 18.5 Å². The number of rotatable bonds is 3. The molecule has 0 aromatic heterocycles. The van der Waals surface area contributed by atoms with Gasteiger partial charge in [-0.2, -0.15) is 0 Å². The summed E-state index contributed by atoms with van der Waals surface area (Å²) < 4.78 is 0. The van der Waals surface area contributed by atoms with Crippen molar-refractivity contribution in [3.05, 3.63) is 24.3 Å². The summed E-state index contributed by atoms with van der Waals surface area (Å²) in [6.45, 7) is 6.62. The van der Waals surface area contributed by atoms with E-state index in [4.69, 9.17) is 0 Å². The molecule has 0 N–H and O–H groups in total. The van der Waals surface area contributed by atoms with Crippen LogP contribution in [0.25, 0.3) is 0 Å². The maximum Gasteiger partial charge on any atom is 0.0855 e. The van der Waals surface area contributed by atoms with E-state index in [9.17, 15) is 0 Å². The fourth-order valence-corrected chi connectivity index (χ4v) is 1.09. The molecule has 0 saturated heterocycles. The van der Waals surface area contributed by atoms with Crippen molar-refractivity contribution in [3.63, 3.8) is 0 Å². The Morgan fingerprint density at radius 3 is 2.67 bits per heavy atom. The fraction of sp³-hybridized carbons (Fsp3) is 0.300. The predicted molar refractivity (Wildman–Crippen MR) is 54.6 cm³/mol. The van der Waals surface area contributed by atoms with Crippen LogP contribution in [-0.2, 0) is 0 Å². The Balaban J connectivity index is 3.04. The molecule has 0 aliphatic heterocycles. The van der Waals surface area contributed by atoms with Crippen LogP contribution < -0.4 is 4.90 Å². The summed E-state index contributed by atoms with van der Waals surface area (Å²) in [6, 6.07) is 8.00. The standard InChI is InChI=1S/C10H14N2/c1-4-12(3)10-8-6-5-7-9(10)11-2/h5-8H,2,4H2,1,3H3.